The lowest BCUT2D eigenvalue weighted by Crippen LogP contribution is -2.49. The van der Waals surface area contributed by atoms with Crippen LogP contribution < -0.4 is 19.5 Å². The van der Waals surface area contributed by atoms with E-state index in [1.807, 2.05) is 30.3 Å². The number of aromatic nitrogens is 1. The molecule has 1 aromatic heterocycles. The van der Waals surface area contributed by atoms with Crippen LogP contribution in [0.15, 0.2) is 73.1 Å². The number of methoxy groups -OCH3 is 1. The molecule has 0 bridgehead atoms. The second-order valence-electron chi connectivity index (χ2n) is 9.26. The second kappa shape index (κ2) is 11.7. The van der Waals surface area contributed by atoms with Gasteiger partial charge in [-0.25, -0.2) is 0 Å². The highest BCUT2D eigenvalue weighted by molar-refractivity contribution is 7.87. The Morgan fingerprint density at radius 2 is 1.76 bits per heavy atom. The molecular weight excluding hydrogens is 492 g/mol. The van der Waals surface area contributed by atoms with E-state index in [0.717, 1.165) is 11.1 Å². The standard InChI is InChI=1S/C27H32N4O5S/c1-36-24-9-5-8-23(32)25(24)26(33)29-19-27(21-6-3-2-4-7-21)14-10-22(11-15-27)31-37(34,35)30-18-20-12-16-28-17-13-20/h2-9,12-13,16-17,22,30-32H,10-11,14-15,18-19H2,1H3,(H,29,33). The number of nitrogens with zero attached hydrogens (tertiary/aromatic N) is 1. The normalized spacial score (nSPS) is 19.8. The van der Waals surface area contributed by atoms with Crippen LogP contribution in [-0.4, -0.2) is 44.1 Å². The summed E-state index contributed by atoms with van der Waals surface area (Å²) in [5.41, 5.74) is 1.62. The molecule has 9 nitrogen and oxygen atoms in total. The van der Waals surface area contributed by atoms with E-state index in [1.54, 1.807) is 36.7 Å². The van der Waals surface area contributed by atoms with Crippen molar-refractivity contribution in [3.05, 3.63) is 89.7 Å². The number of nitrogens with one attached hydrogen (secondary N) is 3. The quantitative estimate of drug-likeness (QED) is 0.323. The van der Waals surface area contributed by atoms with Gasteiger partial charge in [-0.15, -0.1) is 0 Å². The van der Waals surface area contributed by atoms with E-state index >= 15 is 0 Å². The molecule has 4 rings (SSSR count). The zero-order chi connectivity index (χ0) is 26.3. The first kappa shape index (κ1) is 26.6. The second-order valence-corrected chi connectivity index (χ2v) is 10.8. The molecule has 1 aliphatic rings. The Bertz CT molecular complexity index is 1290. The summed E-state index contributed by atoms with van der Waals surface area (Å²) >= 11 is 0. The summed E-state index contributed by atoms with van der Waals surface area (Å²) in [6.45, 7) is 0.521. The summed E-state index contributed by atoms with van der Waals surface area (Å²) in [6, 6.07) is 17.9. The summed E-state index contributed by atoms with van der Waals surface area (Å²) in [4.78, 5) is 17.0. The molecule has 0 saturated heterocycles. The monoisotopic (exact) mass is 524 g/mol. The van der Waals surface area contributed by atoms with Gasteiger partial charge in [0.25, 0.3) is 16.1 Å². The van der Waals surface area contributed by atoms with Crippen molar-refractivity contribution in [2.45, 2.75) is 43.7 Å². The van der Waals surface area contributed by atoms with Crippen LogP contribution >= 0.6 is 0 Å². The maximum Gasteiger partial charge on any atom is 0.277 e. The summed E-state index contributed by atoms with van der Waals surface area (Å²) < 4.78 is 35.9. The van der Waals surface area contributed by atoms with Gasteiger partial charge in [-0.2, -0.15) is 17.9 Å². The number of rotatable bonds is 10. The van der Waals surface area contributed by atoms with Crippen LogP contribution in [0.1, 0.15) is 47.2 Å². The number of hydrogen-bond acceptors (Lipinski definition) is 6. The van der Waals surface area contributed by atoms with E-state index in [9.17, 15) is 18.3 Å². The van der Waals surface area contributed by atoms with Crippen molar-refractivity contribution >= 4 is 16.1 Å². The van der Waals surface area contributed by atoms with Crippen molar-refractivity contribution in [1.29, 1.82) is 0 Å². The van der Waals surface area contributed by atoms with Crippen LogP contribution in [0.5, 0.6) is 11.5 Å². The predicted octanol–water partition coefficient (Wildman–Crippen LogP) is 3.03. The number of pyridine rings is 1. The zero-order valence-corrected chi connectivity index (χ0v) is 21.5. The first-order valence-electron chi connectivity index (χ1n) is 12.2. The number of phenols is 1. The molecule has 4 N–H and O–H groups in total. The van der Waals surface area contributed by atoms with Gasteiger partial charge >= 0.3 is 0 Å². The van der Waals surface area contributed by atoms with Crippen molar-refractivity contribution < 1.29 is 23.1 Å². The third kappa shape index (κ3) is 6.65. The molecular formula is C27H32N4O5S. The van der Waals surface area contributed by atoms with Gasteiger partial charge in [0, 0.05) is 36.9 Å². The van der Waals surface area contributed by atoms with Gasteiger partial charge in [-0.05, 0) is 61.1 Å². The van der Waals surface area contributed by atoms with Gasteiger partial charge in [0.05, 0.1) is 7.11 Å². The van der Waals surface area contributed by atoms with Crippen LogP contribution in [0.3, 0.4) is 0 Å². The Morgan fingerprint density at radius 3 is 2.43 bits per heavy atom. The van der Waals surface area contributed by atoms with Gasteiger partial charge in [0.1, 0.15) is 17.1 Å². The summed E-state index contributed by atoms with van der Waals surface area (Å²) in [5, 5.41) is 13.2. The molecule has 1 heterocycles. The minimum Gasteiger partial charge on any atom is -0.507 e. The lowest BCUT2D eigenvalue weighted by Gasteiger charge is -2.41. The molecule has 0 radical (unpaired) electrons. The minimum absolute atomic E-state index is 0.0925. The third-order valence-electron chi connectivity index (χ3n) is 6.90. The third-order valence-corrected chi connectivity index (χ3v) is 8.07. The highest BCUT2D eigenvalue weighted by Crippen LogP contribution is 2.39. The molecule has 1 fully saturated rings. The fourth-order valence-electron chi connectivity index (χ4n) is 4.84. The molecule has 0 atom stereocenters. The number of carbonyl (C=O) groups is 1. The molecule has 2 aromatic carbocycles. The van der Waals surface area contributed by atoms with E-state index in [-0.39, 0.29) is 29.3 Å². The Morgan fingerprint density at radius 1 is 1.05 bits per heavy atom. The fourth-order valence-corrected chi connectivity index (χ4v) is 5.96. The maximum absolute atomic E-state index is 13.0. The predicted molar refractivity (Wildman–Crippen MR) is 141 cm³/mol. The molecule has 1 aliphatic carbocycles. The van der Waals surface area contributed by atoms with Gasteiger partial charge in [-0.3, -0.25) is 9.78 Å². The van der Waals surface area contributed by atoms with E-state index < -0.39 is 16.1 Å². The molecule has 3 aromatic rings. The van der Waals surface area contributed by atoms with E-state index in [1.165, 1.54) is 13.2 Å². The molecule has 0 spiro atoms. The van der Waals surface area contributed by atoms with Crippen LogP contribution in [0.2, 0.25) is 0 Å². The van der Waals surface area contributed by atoms with Gasteiger partial charge in [-0.1, -0.05) is 36.4 Å². The maximum atomic E-state index is 13.0. The van der Waals surface area contributed by atoms with Crippen LogP contribution in [0, 0.1) is 0 Å². The number of aromatic hydroxyl groups is 1. The van der Waals surface area contributed by atoms with Gasteiger partial charge < -0.3 is 15.2 Å². The number of ether oxygens (including phenoxy) is 1. The number of phenolic OH excluding ortho intramolecular Hbond substituents is 1. The van der Waals surface area contributed by atoms with Crippen molar-refractivity contribution in [1.82, 2.24) is 19.7 Å². The summed E-state index contributed by atoms with van der Waals surface area (Å²) in [7, 11) is -2.24. The van der Waals surface area contributed by atoms with E-state index in [2.05, 4.69) is 19.7 Å². The zero-order valence-electron chi connectivity index (χ0n) is 20.7. The van der Waals surface area contributed by atoms with Crippen LogP contribution in [0.4, 0.5) is 0 Å². The Hall–Kier alpha value is -3.47. The minimum atomic E-state index is -3.69. The average Bonchev–Trinajstić information content (AvgIpc) is 2.92. The molecule has 1 saturated carbocycles. The smallest absolute Gasteiger partial charge is 0.277 e. The van der Waals surface area contributed by atoms with Crippen LogP contribution in [0.25, 0.3) is 0 Å². The molecule has 1 amide bonds. The molecule has 10 heteroatoms. The Labute approximate surface area is 217 Å². The summed E-state index contributed by atoms with van der Waals surface area (Å²) in [5.74, 6) is -0.278. The molecule has 37 heavy (non-hydrogen) atoms. The average molecular weight is 525 g/mol. The lowest BCUT2D eigenvalue weighted by atomic mass is 9.68. The van der Waals surface area contributed by atoms with Crippen LogP contribution in [-0.2, 0) is 22.2 Å². The van der Waals surface area contributed by atoms with Crippen molar-refractivity contribution in [3.63, 3.8) is 0 Å². The lowest BCUT2D eigenvalue weighted by molar-refractivity contribution is 0.0929. The largest absolute Gasteiger partial charge is 0.507 e. The fraction of sp³-hybridized carbons (Fsp3) is 0.333. The van der Waals surface area contributed by atoms with E-state index in [4.69, 9.17) is 4.74 Å². The van der Waals surface area contributed by atoms with Crippen molar-refractivity contribution in [3.8, 4) is 11.5 Å². The van der Waals surface area contributed by atoms with Crippen molar-refractivity contribution in [2.24, 2.45) is 0 Å². The molecule has 0 aliphatic heterocycles. The summed E-state index contributed by atoms with van der Waals surface area (Å²) in [6.07, 6.45) is 5.81. The Kier molecular flexibility index (Phi) is 8.42. The number of hydrogen-bond donors (Lipinski definition) is 4. The number of amides is 1. The molecule has 0 unspecified atom stereocenters. The highest BCUT2D eigenvalue weighted by atomic mass is 32.2. The molecule has 196 valence electrons. The first-order chi connectivity index (χ1) is 17.8. The highest BCUT2D eigenvalue weighted by Gasteiger charge is 2.38. The van der Waals surface area contributed by atoms with Gasteiger partial charge in [0.2, 0.25) is 0 Å². The Balaban J connectivity index is 1.43. The van der Waals surface area contributed by atoms with E-state index in [0.29, 0.717) is 38.0 Å². The number of carbonyl (C=O) groups excluding carboxylic acids is 1. The van der Waals surface area contributed by atoms with Gasteiger partial charge in [0.15, 0.2) is 0 Å². The number of benzene rings is 2. The SMILES string of the molecule is COc1cccc(O)c1C(=O)NCC1(c2ccccc2)CCC(NS(=O)(=O)NCc2ccncc2)CC1. The topological polar surface area (TPSA) is 130 Å². The first-order valence-corrected chi connectivity index (χ1v) is 13.7. The van der Waals surface area contributed by atoms with Crippen molar-refractivity contribution in [2.75, 3.05) is 13.7 Å².